The van der Waals surface area contributed by atoms with Crippen molar-refractivity contribution < 1.29 is 23.3 Å². The highest BCUT2D eigenvalue weighted by Crippen LogP contribution is 2.36. The van der Waals surface area contributed by atoms with Gasteiger partial charge in [-0.05, 0) is 41.5 Å². The predicted octanol–water partition coefficient (Wildman–Crippen LogP) is 1.46. The number of rotatable bonds is 3. The van der Waals surface area contributed by atoms with E-state index in [4.69, 9.17) is 18.5 Å². The molecule has 1 aliphatic heterocycles. The smallest absolute Gasteiger partial charge is 0.459 e. The van der Waals surface area contributed by atoms with Gasteiger partial charge in [-0.3, -0.25) is 0 Å². The SMILES string of the molecule is CCOC(=O)c1nc(B2OC(C)(C)C(C)(C)O2)c(C)o1. The normalized spacial score (nSPS) is 20.2. The van der Waals surface area contributed by atoms with Crippen LogP contribution in [0.3, 0.4) is 0 Å². The van der Waals surface area contributed by atoms with E-state index in [2.05, 4.69) is 4.98 Å². The molecule has 0 aromatic carbocycles. The van der Waals surface area contributed by atoms with Crippen LogP contribution >= 0.6 is 0 Å². The molecule has 1 aromatic heterocycles. The average Bonchev–Trinajstić information content (AvgIpc) is 2.78. The first-order valence-corrected chi connectivity index (χ1v) is 6.68. The monoisotopic (exact) mass is 281 g/mol. The fraction of sp³-hybridized carbons (Fsp3) is 0.692. The maximum atomic E-state index is 11.6. The molecule has 2 heterocycles. The first-order valence-electron chi connectivity index (χ1n) is 6.68. The Morgan fingerprint density at radius 2 is 1.80 bits per heavy atom. The summed E-state index contributed by atoms with van der Waals surface area (Å²) in [6, 6.07) is 0. The molecule has 1 aromatic rings. The Hall–Kier alpha value is -1.34. The van der Waals surface area contributed by atoms with E-state index >= 15 is 0 Å². The van der Waals surface area contributed by atoms with Gasteiger partial charge < -0.3 is 18.5 Å². The van der Waals surface area contributed by atoms with Crippen molar-refractivity contribution in [3.8, 4) is 0 Å². The van der Waals surface area contributed by atoms with Gasteiger partial charge in [0.05, 0.1) is 17.8 Å². The number of hydrogen-bond donors (Lipinski definition) is 0. The summed E-state index contributed by atoms with van der Waals surface area (Å²) in [4.78, 5) is 15.8. The van der Waals surface area contributed by atoms with E-state index in [1.807, 2.05) is 27.7 Å². The number of aromatic nitrogens is 1. The Bertz CT molecular complexity index is 507. The lowest BCUT2D eigenvalue weighted by molar-refractivity contribution is 0.00578. The van der Waals surface area contributed by atoms with Gasteiger partial charge in [0, 0.05) is 0 Å². The van der Waals surface area contributed by atoms with Crippen LogP contribution in [0, 0.1) is 6.92 Å². The summed E-state index contributed by atoms with van der Waals surface area (Å²) in [5.41, 5.74) is -0.452. The molecule has 20 heavy (non-hydrogen) atoms. The van der Waals surface area contributed by atoms with E-state index in [0.717, 1.165) is 0 Å². The zero-order chi connectivity index (χ0) is 15.1. The van der Waals surface area contributed by atoms with Crippen molar-refractivity contribution in [2.75, 3.05) is 6.61 Å². The summed E-state index contributed by atoms with van der Waals surface area (Å²) in [6.45, 7) is 11.5. The minimum atomic E-state index is -0.646. The third-order valence-electron chi connectivity index (χ3n) is 3.76. The molecule has 1 aliphatic rings. The van der Waals surface area contributed by atoms with Gasteiger partial charge in [-0.1, -0.05) is 0 Å². The Kier molecular flexibility index (Phi) is 3.68. The molecule has 0 amide bonds. The summed E-state index contributed by atoms with van der Waals surface area (Å²) >= 11 is 0. The predicted molar refractivity (Wildman–Crippen MR) is 72.9 cm³/mol. The second-order valence-corrected chi connectivity index (χ2v) is 5.77. The molecule has 1 fully saturated rings. The summed E-state index contributed by atoms with van der Waals surface area (Å²) in [6.07, 6.45) is 0. The molecule has 0 bridgehead atoms. The first kappa shape index (κ1) is 15.1. The highest BCUT2D eigenvalue weighted by molar-refractivity contribution is 6.61. The highest BCUT2D eigenvalue weighted by atomic mass is 16.7. The number of esters is 1. The molecule has 0 N–H and O–H groups in total. The Labute approximate surface area is 118 Å². The number of nitrogens with zero attached hydrogens (tertiary/aromatic N) is 1. The highest BCUT2D eigenvalue weighted by Gasteiger charge is 2.53. The standard InChI is InChI=1S/C13H20BNO5/c1-7-17-11(16)10-15-9(8(2)18-10)14-19-12(3,4)13(5,6)20-14/h7H2,1-6H3. The molecule has 6 nitrogen and oxygen atoms in total. The van der Waals surface area contributed by atoms with Crippen LogP contribution in [0.15, 0.2) is 4.42 Å². The lowest BCUT2D eigenvalue weighted by Crippen LogP contribution is -2.41. The molecule has 0 spiro atoms. The van der Waals surface area contributed by atoms with E-state index in [0.29, 0.717) is 11.4 Å². The fourth-order valence-electron chi connectivity index (χ4n) is 1.86. The largest absolute Gasteiger partial charge is 0.518 e. The van der Waals surface area contributed by atoms with Crippen molar-refractivity contribution in [3.05, 3.63) is 11.7 Å². The van der Waals surface area contributed by atoms with Gasteiger partial charge in [0.25, 0.3) is 0 Å². The first-order chi connectivity index (χ1) is 9.18. The summed E-state index contributed by atoms with van der Waals surface area (Å²) in [5.74, 6) is -0.168. The van der Waals surface area contributed by atoms with Gasteiger partial charge in [-0.2, -0.15) is 0 Å². The second-order valence-electron chi connectivity index (χ2n) is 5.77. The van der Waals surface area contributed by atoms with Crippen molar-refractivity contribution in [2.45, 2.75) is 52.7 Å². The van der Waals surface area contributed by atoms with Crippen LogP contribution in [-0.2, 0) is 14.0 Å². The third-order valence-corrected chi connectivity index (χ3v) is 3.76. The Morgan fingerprint density at radius 3 is 2.30 bits per heavy atom. The molecule has 0 unspecified atom stereocenters. The lowest BCUT2D eigenvalue weighted by atomic mass is 9.84. The molecule has 0 saturated carbocycles. The van der Waals surface area contributed by atoms with Gasteiger partial charge in [-0.25, -0.2) is 9.78 Å². The van der Waals surface area contributed by atoms with Crippen LogP contribution in [0.2, 0.25) is 0 Å². The van der Waals surface area contributed by atoms with Crippen LogP contribution in [0.1, 0.15) is 51.1 Å². The zero-order valence-corrected chi connectivity index (χ0v) is 12.8. The minimum Gasteiger partial charge on any atom is -0.459 e. The van der Waals surface area contributed by atoms with E-state index < -0.39 is 24.3 Å². The number of aryl methyl sites for hydroxylation is 1. The molecular weight excluding hydrogens is 261 g/mol. The quantitative estimate of drug-likeness (QED) is 0.617. The molecule has 7 heteroatoms. The van der Waals surface area contributed by atoms with Crippen LogP contribution in [-0.4, -0.2) is 35.9 Å². The average molecular weight is 281 g/mol. The Balaban J connectivity index is 2.25. The Morgan fingerprint density at radius 1 is 1.25 bits per heavy atom. The van der Waals surface area contributed by atoms with Crippen molar-refractivity contribution >= 4 is 18.7 Å². The van der Waals surface area contributed by atoms with Gasteiger partial charge >= 0.3 is 19.0 Å². The van der Waals surface area contributed by atoms with E-state index in [1.54, 1.807) is 13.8 Å². The number of hydrogen-bond acceptors (Lipinski definition) is 6. The zero-order valence-electron chi connectivity index (χ0n) is 12.8. The number of carbonyl (C=O) groups is 1. The summed E-state index contributed by atoms with van der Waals surface area (Å²) in [5, 5.41) is 0. The molecule has 0 atom stereocenters. The minimum absolute atomic E-state index is 0.0749. The van der Waals surface area contributed by atoms with Gasteiger partial charge in [-0.15, -0.1) is 0 Å². The van der Waals surface area contributed by atoms with Crippen LogP contribution in [0.25, 0.3) is 0 Å². The number of oxazole rings is 1. The van der Waals surface area contributed by atoms with Crippen LogP contribution in [0.5, 0.6) is 0 Å². The maximum Gasteiger partial charge on any atom is 0.518 e. The van der Waals surface area contributed by atoms with E-state index in [1.165, 1.54) is 0 Å². The molecule has 2 rings (SSSR count). The number of ether oxygens (including phenoxy) is 1. The van der Waals surface area contributed by atoms with Crippen molar-refractivity contribution in [3.63, 3.8) is 0 Å². The lowest BCUT2D eigenvalue weighted by Gasteiger charge is -2.32. The molecule has 1 saturated heterocycles. The molecule has 0 radical (unpaired) electrons. The van der Waals surface area contributed by atoms with Crippen molar-refractivity contribution in [2.24, 2.45) is 0 Å². The molecular formula is C13H20BNO5. The maximum absolute atomic E-state index is 11.6. The topological polar surface area (TPSA) is 70.8 Å². The van der Waals surface area contributed by atoms with Gasteiger partial charge in [0.15, 0.2) is 0 Å². The summed E-state index contributed by atoms with van der Waals surface area (Å²) in [7, 11) is -0.646. The van der Waals surface area contributed by atoms with E-state index in [-0.39, 0.29) is 12.5 Å². The fourth-order valence-corrected chi connectivity index (χ4v) is 1.86. The van der Waals surface area contributed by atoms with Gasteiger partial charge in [0.1, 0.15) is 11.4 Å². The number of carbonyl (C=O) groups excluding carboxylic acids is 1. The third kappa shape index (κ3) is 2.47. The van der Waals surface area contributed by atoms with Crippen LogP contribution < -0.4 is 5.59 Å². The van der Waals surface area contributed by atoms with Crippen LogP contribution in [0.4, 0.5) is 0 Å². The second kappa shape index (κ2) is 4.89. The molecule has 110 valence electrons. The molecule has 0 aliphatic carbocycles. The van der Waals surface area contributed by atoms with E-state index in [9.17, 15) is 4.79 Å². The van der Waals surface area contributed by atoms with Crippen molar-refractivity contribution in [1.29, 1.82) is 0 Å². The summed E-state index contributed by atoms with van der Waals surface area (Å²) < 4.78 is 22.0. The van der Waals surface area contributed by atoms with Crippen molar-refractivity contribution in [1.82, 2.24) is 4.98 Å². The van der Waals surface area contributed by atoms with Gasteiger partial charge in [0.2, 0.25) is 0 Å².